The van der Waals surface area contributed by atoms with E-state index in [1.165, 1.54) is 0 Å². The molecule has 2 heteroatoms. The van der Waals surface area contributed by atoms with E-state index in [0.717, 1.165) is 0 Å². The zero-order valence-corrected chi connectivity index (χ0v) is 7.82. The predicted octanol–water partition coefficient (Wildman–Crippen LogP) is 1.19. The molecule has 4 aliphatic rings. The van der Waals surface area contributed by atoms with Crippen molar-refractivity contribution in [2.45, 2.75) is 27.7 Å². The van der Waals surface area contributed by atoms with Gasteiger partial charge in [-0.2, -0.15) is 0 Å². The van der Waals surface area contributed by atoms with Crippen LogP contribution in [-0.4, -0.2) is 11.6 Å². The standard InChI is InChI=1S/C10H12O2/c1-7-5(11)6(12)8(2)9(7,3)10(7,8)4/h1-4H3. The summed E-state index contributed by atoms with van der Waals surface area (Å²) >= 11 is 0. The van der Waals surface area contributed by atoms with Crippen molar-refractivity contribution in [3.63, 3.8) is 0 Å². The van der Waals surface area contributed by atoms with Crippen LogP contribution < -0.4 is 0 Å². The minimum absolute atomic E-state index is 0.00116. The van der Waals surface area contributed by atoms with Crippen LogP contribution in [0.25, 0.3) is 0 Å². The average molecular weight is 164 g/mol. The molecule has 0 saturated heterocycles. The van der Waals surface area contributed by atoms with Crippen LogP contribution in [0.5, 0.6) is 0 Å². The molecule has 2 bridgehead atoms. The monoisotopic (exact) mass is 164 g/mol. The Morgan fingerprint density at radius 1 is 0.750 bits per heavy atom. The van der Waals surface area contributed by atoms with Crippen LogP contribution in [0.3, 0.4) is 0 Å². The third kappa shape index (κ3) is 0.205. The molecule has 4 aliphatic carbocycles. The van der Waals surface area contributed by atoms with Crippen molar-refractivity contribution in [2.75, 3.05) is 0 Å². The fourth-order valence-corrected chi connectivity index (χ4v) is 4.55. The molecular weight excluding hydrogens is 152 g/mol. The number of hydrogen-bond donors (Lipinski definition) is 0. The van der Waals surface area contributed by atoms with Gasteiger partial charge in [0.05, 0.1) is 0 Å². The van der Waals surface area contributed by atoms with Gasteiger partial charge in [-0.05, 0) is 0 Å². The summed E-state index contributed by atoms with van der Waals surface area (Å²) in [4.78, 5) is 23.1. The minimum Gasteiger partial charge on any atom is -0.290 e. The second kappa shape index (κ2) is 1.05. The highest BCUT2D eigenvalue weighted by Crippen LogP contribution is 3.09. The van der Waals surface area contributed by atoms with Gasteiger partial charge in [0.1, 0.15) is 0 Å². The van der Waals surface area contributed by atoms with Crippen LogP contribution >= 0.6 is 0 Å². The maximum Gasteiger partial charge on any atom is 0.206 e. The first kappa shape index (κ1) is 6.81. The highest BCUT2D eigenvalue weighted by Gasteiger charge is 3.13. The van der Waals surface area contributed by atoms with Crippen molar-refractivity contribution < 1.29 is 9.59 Å². The molecule has 64 valence electrons. The molecule has 0 aliphatic heterocycles. The first-order valence-electron chi connectivity index (χ1n) is 4.41. The van der Waals surface area contributed by atoms with Crippen molar-refractivity contribution in [3.05, 3.63) is 0 Å². The van der Waals surface area contributed by atoms with E-state index < -0.39 is 0 Å². The summed E-state index contributed by atoms with van der Waals surface area (Å²) < 4.78 is 0. The van der Waals surface area contributed by atoms with E-state index in [2.05, 4.69) is 13.8 Å². The van der Waals surface area contributed by atoms with Crippen molar-refractivity contribution in [1.29, 1.82) is 0 Å². The Bertz CT molecular complexity index is 320. The third-order valence-electron chi connectivity index (χ3n) is 5.99. The Kier molecular flexibility index (Phi) is 0.595. The fourth-order valence-electron chi connectivity index (χ4n) is 4.55. The van der Waals surface area contributed by atoms with Crippen LogP contribution in [0.1, 0.15) is 27.7 Å². The third-order valence-corrected chi connectivity index (χ3v) is 5.99. The van der Waals surface area contributed by atoms with Gasteiger partial charge in [0.2, 0.25) is 11.6 Å². The van der Waals surface area contributed by atoms with E-state index in [1.807, 2.05) is 13.8 Å². The Morgan fingerprint density at radius 3 is 1.08 bits per heavy atom. The molecule has 4 saturated carbocycles. The number of hydrogen-bond acceptors (Lipinski definition) is 2. The molecule has 0 amide bonds. The molecule has 4 rings (SSSR count). The fraction of sp³-hybridized carbons (Fsp3) is 0.800. The van der Waals surface area contributed by atoms with Crippen LogP contribution in [0.2, 0.25) is 0 Å². The van der Waals surface area contributed by atoms with Crippen LogP contribution in [0, 0.1) is 21.7 Å². The quantitative estimate of drug-likeness (QED) is 0.504. The second-order valence-corrected chi connectivity index (χ2v) is 5.16. The Hall–Kier alpha value is -0.660. The highest BCUT2D eigenvalue weighted by atomic mass is 16.2. The SMILES string of the molecule is CC12C(=O)C(=O)C3(C)C1(C)C23C. The maximum absolute atomic E-state index is 11.6. The topological polar surface area (TPSA) is 34.1 Å². The molecule has 4 fully saturated rings. The molecule has 2 nitrogen and oxygen atoms in total. The molecule has 12 heavy (non-hydrogen) atoms. The van der Waals surface area contributed by atoms with Crippen LogP contribution in [-0.2, 0) is 9.59 Å². The molecule has 0 N–H and O–H groups in total. The van der Waals surface area contributed by atoms with Gasteiger partial charge in [0, 0.05) is 21.7 Å². The number of Topliss-reactive ketones (excluding diaryl/α,β-unsaturated/α-hetero) is 2. The molecule has 0 aromatic heterocycles. The maximum atomic E-state index is 11.6. The summed E-state index contributed by atoms with van der Waals surface area (Å²) in [5.74, 6) is -0.231. The Balaban J connectivity index is 2.33. The first-order chi connectivity index (χ1) is 5.32. The van der Waals surface area contributed by atoms with E-state index in [9.17, 15) is 9.59 Å². The molecular formula is C10H12O2. The molecule has 0 heterocycles. The second-order valence-electron chi connectivity index (χ2n) is 5.16. The van der Waals surface area contributed by atoms with Gasteiger partial charge in [-0.3, -0.25) is 9.59 Å². The van der Waals surface area contributed by atoms with Crippen LogP contribution in [0.4, 0.5) is 0 Å². The predicted molar refractivity (Wildman–Crippen MR) is 42.4 cm³/mol. The lowest BCUT2D eigenvalue weighted by molar-refractivity contribution is -0.136. The van der Waals surface area contributed by atoms with Gasteiger partial charge in [-0.25, -0.2) is 0 Å². The summed E-state index contributed by atoms with van der Waals surface area (Å²) in [5.41, 5.74) is -0.597. The lowest BCUT2D eigenvalue weighted by atomic mass is 9.80. The summed E-state index contributed by atoms with van der Waals surface area (Å²) in [6.07, 6.45) is 0. The molecule has 0 aromatic carbocycles. The molecule has 0 spiro atoms. The Morgan fingerprint density at radius 2 is 1.00 bits per heavy atom. The molecule has 0 radical (unpaired) electrons. The zero-order valence-electron chi connectivity index (χ0n) is 7.82. The summed E-state index contributed by atoms with van der Waals surface area (Å²) in [6, 6.07) is 0. The number of rotatable bonds is 0. The minimum atomic E-state index is -0.300. The number of carbonyl (C=O) groups is 2. The normalized spacial score (nSPS) is 71.3. The summed E-state index contributed by atoms with van der Waals surface area (Å²) in [6.45, 7) is 8.05. The van der Waals surface area contributed by atoms with Gasteiger partial charge in [0.15, 0.2) is 0 Å². The van der Waals surface area contributed by atoms with E-state index in [4.69, 9.17) is 0 Å². The van der Waals surface area contributed by atoms with E-state index >= 15 is 0 Å². The summed E-state index contributed by atoms with van der Waals surface area (Å²) in [7, 11) is 0. The molecule has 0 unspecified atom stereocenters. The number of fused-ring (bicyclic) bond motifs is 1. The molecule has 0 atom stereocenters. The van der Waals surface area contributed by atoms with Crippen molar-refractivity contribution in [1.82, 2.24) is 0 Å². The molecule has 0 aromatic rings. The first-order valence-corrected chi connectivity index (χ1v) is 4.41. The van der Waals surface area contributed by atoms with Gasteiger partial charge in [-0.15, -0.1) is 0 Å². The highest BCUT2D eigenvalue weighted by molar-refractivity contribution is 6.50. The van der Waals surface area contributed by atoms with Crippen LogP contribution in [0.15, 0.2) is 0 Å². The smallest absolute Gasteiger partial charge is 0.206 e. The van der Waals surface area contributed by atoms with Gasteiger partial charge >= 0.3 is 0 Å². The number of ketones is 2. The van der Waals surface area contributed by atoms with E-state index in [1.54, 1.807) is 0 Å². The lowest BCUT2D eigenvalue weighted by Gasteiger charge is -2.20. The average Bonchev–Trinajstić information content (AvgIpc) is 2.59. The van der Waals surface area contributed by atoms with Crippen molar-refractivity contribution in [3.8, 4) is 0 Å². The van der Waals surface area contributed by atoms with Crippen molar-refractivity contribution in [2.24, 2.45) is 21.7 Å². The van der Waals surface area contributed by atoms with Gasteiger partial charge < -0.3 is 0 Å². The zero-order chi connectivity index (χ0) is 9.15. The number of carbonyl (C=O) groups excluding carboxylic acids is 2. The van der Waals surface area contributed by atoms with E-state index in [-0.39, 0.29) is 33.2 Å². The van der Waals surface area contributed by atoms with E-state index in [0.29, 0.717) is 0 Å². The lowest BCUT2D eigenvalue weighted by Crippen LogP contribution is -2.22. The largest absolute Gasteiger partial charge is 0.290 e. The summed E-state index contributed by atoms with van der Waals surface area (Å²) in [5, 5.41) is 0. The van der Waals surface area contributed by atoms with Gasteiger partial charge in [0.25, 0.3) is 0 Å². The Labute approximate surface area is 71.3 Å². The van der Waals surface area contributed by atoms with Gasteiger partial charge in [-0.1, -0.05) is 27.7 Å². The van der Waals surface area contributed by atoms with Crippen molar-refractivity contribution >= 4 is 11.6 Å².